The number of aromatic nitrogens is 3. The van der Waals surface area contributed by atoms with E-state index < -0.39 is 5.60 Å². The van der Waals surface area contributed by atoms with E-state index in [0.29, 0.717) is 0 Å². The zero-order chi connectivity index (χ0) is 13.2. The van der Waals surface area contributed by atoms with Crippen molar-refractivity contribution in [2.75, 3.05) is 5.75 Å². The summed E-state index contributed by atoms with van der Waals surface area (Å²) in [6.45, 7) is 3.64. The van der Waals surface area contributed by atoms with Crippen LogP contribution in [0, 0.1) is 0 Å². The second-order valence-electron chi connectivity index (χ2n) is 4.75. The Kier molecular flexibility index (Phi) is 4.09. The normalized spacial score (nSPS) is 12.0. The standard InChI is InChI=1S/C12H17N3OS2/c1-12(2,16)6-8-18-11-14-13-10(15(11)3)9-5-4-7-17-9/h4-5,7,16H,6,8H2,1-3H3. The summed E-state index contributed by atoms with van der Waals surface area (Å²) in [5.41, 5.74) is -0.623. The molecule has 0 aliphatic rings. The summed E-state index contributed by atoms with van der Waals surface area (Å²) in [5.74, 6) is 1.73. The molecular weight excluding hydrogens is 266 g/mol. The molecule has 0 aliphatic carbocycles. The first-order valence-electron chi connectivity index (χ1n) is 5.76. The van der Waals surface area contributed by atoms with Crippen LogP contribution in [0.25, 0.3) is 10.7 Å². The maximum Gasteiger partial charge on any atom is 0.191 e. The average molecular weight is 283 g/mol. The van der Waals surface area contributed by atoms with E-state index in [-0.39, 0.29) is 0 Å². The van der Waals surface area contributed by atoms with Gasteiger partial charge >= 0.3 is 0 Å². The van der Waals surface area contributed by atoms with Gasteiger partial charge in [-0.2, -0.15) is 0 Å². The lowest BCUT2D eigenvalue weighted by Gasteiger charge is -2.15. The van der Waals surface area contributed by atoms with Crippen LogP contribution in [-0.4, -0.2) is 31.2 Å². The molecule has 0 fully saturated rings. The SMILES string of the molecule is Cn1c(SCCC(C)(C)O)nnc1-c1cccs1. The van der Waals surface area contributed by atoms with Crippen molar-refractivity contribution < 1.29 is 5.11 Å². The molecule has 2 aromatic rings. The molecule has 2 aromatic heterocycles. The highest BCUT2D eigenvalue weighted by molar-refractivity contribution is 7.99. The largest absolute Gasteiger partial charge is 0.390 e. The van der Waals surface area contributed by atoms with E-state index in [9.17, 15) is 5.11 Å². The molecular formula is C12H17N3OS2. The Morgan fingerprint density at radius 1 is 1.44 bits per heavy atom. The van der Waals surface area contributed by atoms with Crippen molar-refractivity contribution in [3.63, 3.8) is 0 Å². The Morgan fingerprint density at radius 2 is 2.22 bits per heavy atom. The van der Waals surface area contributed by atoms with Crippen molar-refractivity contribution in [1.82, 2.24) is 14.8 Å². The minimum Gasteiger partial charge on any atom is -0.390 e. The highest BCUT2D eigenvalue weighted by Crippen LogP contribution is 2.26. The molecule has 2 rings (SSSR count). The minimum absolute atomic E-state index is 0.623. The molecule has 0 atom stereocenters. The van der Waals surface area contributed by atoms with Gasteiger partial charge in [-0.25, -0.2) is 0 Å². The number of thiophene rings is 1. The second-order valence-corrected chi connectivity index (χ2v) is 6.76. The van der Waals surface area contributed by atoms with Gasteiger partial charge in [-0.05, 0) is 31.7 Å². The molecule has 4 nitrogen and oxygen atoms in total. The van der Waals surface area contributed by atoms with E-state index in [1.54, 1.807) is 23.1 Å². The number of thioether (sulfide) groups is 1. The molecule has 98 valence electrons. The first-order chi connectivity index (χ1) is 8.47. The van der Waals surface area contributed by atoms with Crippen molar-refractivity contribution in [2.24, 2.45) is 7.05 Å². The van der Waals surface area contributed by atoms with Crippen LogP contribution in [0.4, 0.5) is 0 Å². The lowest BCUT2D eigenvalue weighted by atomic mass is 10.1. The van der Waals surface area contributed by atoms with Crippen molar-refractivity contribution in [3.05, 3.63) is 17.5 Å². The topological polar surface area (TPSA) is 50.9 Å². The van der Waals surface area contributed by atoms with Gasteiger partial charge in [0.15, 0.2) is 11.0 Å². The van der Waals surface area contributed by atoms with Gasteiger partial charge in [0.05, 0.1) is 10.5 Å². The van der Waals surface area contributed by atoms with Gasteiger partial charge in [-0.3, -0.25) is 0 Å². The molecule has 0 saturated heterocycles. The first-order valence-corrected chi connectivity index (χ1v) is 7.62. The Labute approximate surface area is 115 Å². The van der Waals surface area contributed by atoms with Crippen molar-refractivity contribution >= 4 is 23.1 Å². The smallest absolute Gasteiger partial charge is 0.191 e. The summed E-state index contributed by atoms with van der Waals surface area (Å²) in [6.07, 6.45) is 0.735. The summed E-state index contributed by atoms with van der Waals surface area (Å²) >= 11 is 3.29. The molecule has 0 unspecified atom stereocenters. The Morgan fingerprint density at radius 3 is 2.83 bits per heavy atom. The number of hydrogen-bond donors (Lipinski definition) is 1. The molecule has 1 N–H and O–H groups in total. The molecule has 0 aromatic carbocycles. The van der Waals surface area contributed by atoms with Crippen molar-refractivity contribution in [2.45, 2.75) is 31.0 Å². The molecule has 0 radical (unpaired) electrons. The van der Waals surface area contributed by atoms with E-state index in [2.05, 4.69) is 10.2 Å². The lowest BCUT2D eigenvalue weighted by Crippen LogP contribution is -2.19. The van der Waals surface area contributed by atoms with Crippen LogP contribution in [0.5, 0.6) is 0 Å². The van der Waals surface area contributed by atoms with Crippen LogP contribution in [0.3, 0.4) is 0 Å². The number of aliphatic hydroxyl groups is 1. The van der Waals surface area contributed by atoms with Gasteiger partial charge in [0.2, 0.25) is 0 Å². The third-order valence-corrected chi connectivity index (χ3v) is 4.41. The third kappa shape index (κ3) is 3.34. The predicted octanol–water partition coefficient (Wildman–Crippen LogP) is 2.80. The molecule has 2 heterocycles. The van der Waals surface area contributed by atoms with E-state index in [1.807, 2.05) is 43.0 Å². The molecule has 0 saturated carbocycles. The summed E-state index contributed by atoms with van der Waals surface area (Å²) in [5, 5.41) is 21.0. The van der Waals surface area contributed by atoms with Crippen molar-refractivity contribution in [1.29, 1.82) is 0 Å². The van der Waals surface area contributed by atoms with Crippen LogP contribution >= 0.6 is 23.1 Å². The lowest BCUT2D eigenvalue weighted by molar-refractivity contribution is 0.0777. The quantitative estimate of drug-likeness (QED) is 0.857. The second kappa shape index (κ2) is 5.42. The van der Waals surface area contributed by atoms with Gasteiger partial charge in [-0.1, -0.05) is 17.8 Å². The van der Waals surface area contributed by atoms with E-state index in [0.717, 1.165) is 28.0 Å². The summed E-state index contributed by atoms with van der Waals surface area (Å²) in [4.78, 5) is 1.12. The molecule has 0 spiro atoms. The number of rotatable bonds is 5. The van der Waals surface area contributed by atoms with Gasteiger partial charge in [0.1, 0.15) is 0 Å². The fraction of sp³-hybridized carbons (Fsp3) is 0.500. The molecule has 0 aliphatic heterocycles. The molecule has 0 amide bonds. The highest BCUT2D eigenvalue weighted by atomic mass is 32.2. The number of hydrogen-bond acceptors (Lipinski definition) is 5. The average Bonchev–Trinajstić information content (AvgIpc) is 2.87. The fourth-order valence-corrected chi connectivity index (χ4v) is 3.36. The van der Waals surface area contributed by atoms with Crippen LogP contribution < -0.4 is 0 Å². The molecule has 6 heteroatoms. The summed E-state index contributed by atoms with van der Waals surface area (Å²) in [7, 11) is 1.97. The van der Waals surface area contributed by atoms with Crippen LogP contribution in [0.15, 0.2) is 22.7 Å². The van der Waals surface area contributed by atoms with Crippen LogP contribution in [-0.2, 0) is 7.05 Å². The Balaban J connectivity index is 2.03. The van der Waals surface area contributed by atoms with Crippen molar-refractivity contribution in [3.8, 4) is 10.7 Å². The molecule has 18 heavy (non-hydrogen) atoms. The highest BCUT2D eigenvalue weighted by Gasteiger charge is 2.15. The molecule has 0 bridgehead atoms. The zero-order valence-corrected chi connectivity index (χ0v) is 12.4. The Bertz CT molecular complexity index is 500. The first kappa shape index (κ1) is 13.6. The summed E-state index contributed by atoms with van der Waals surface area (Å²) in [6, 6.07) is 4.05. The Hall–Kier alpha value is -0.850. The monoisotopic (exact) mass is 283 g/mol. The van der Waals surface area contributed by atoms with Crippen LogP contribution in [0.2, 0.25) is 0 Å². The zero-order valence-electron chi connectivity index (χ0n) is 10.8. The van der Waals surface area contributed by atoms with Gasteiger partial charge in [-0.15, -0.1) is 21.5 Å². The van der Waals surface area contributed by atoms with E-state index in [1.165, 1.54) is 0 Å². The van der Waals surface area contributed by atoms with Gasteiger partial charge < -0.3 is 9.67 Å². The predicted molar refractivity (Wildman–Crippen MR) is 76.0 cm³/mol. The number of nitrogens with zero attached hydrogens (tertiary/aromatic N) is 3. The maximum atomic E-state index is 9.67. The minimum atomic E-state index is -0.623. The third-order valence-electron chi connectivity index (χ3n) is 2.52. The van der Waals surface area contributed by atoms with E-state index >= 15 is 0 Å². The maximum absolute atomic E-state index is 9.67. The van der Waals surface area contributed by atoms with Gasteiger partial charge in [0.25, 0.3) is 0 Å². The summed E-state index contributed by atoms with van der Waals surface area (Å²) < 4.78 is 2.00. The van der Waals surface area contributed by atoms with Crippen LogP contribution in [0.1, 0.15) is 20.3 Å². The fourth-order valence-electron chi connectivity index (χ4n) is 1.45. The van der Waals surface area contributed by atoms with E-state index in [4.69, 9.17) is 0 Å². The van der Waals surface area contributed by atoms with Gasteiger partial charge in [0, 0.05) is 12.8 Å².